The molecule has 0 aromatic heterocycles. The molecule has 8 heteroatoms. The third-order valence-electron chi connectivity index (χ3n) is 5.63. The summed E-state index contributed by atoms with van der Waals surface area (Å²) in [7, 11) is 0. The Balaban J connectivity index is 2.07. The predicted octanol–water partition coefficient (Wildman–Crippen LogP) is 3.53. The largest absolute Gasteiger partial charge is 0.444 e. The fraction of sp³-hybridized carbons (Fsp3) is 0.333. The first kappa shape index (κ1) is 21.5. The summed E-state index contributed by atoms with van der Waals surface area (Å²) in [5.41, 5.74) is -0.438. The van der Waals surface area contributed by atoms with E-state index in [1.807, 2.05) is 19.9 Å². The van der Waals surface area contributed by atoms with Crippen LogP contribution in [0, 0.1) is 0 Å². The molecular weight excluding hydrogens is 414 g/mol. The monoisotopic (exact) mass is 437 g/mol. The number of nitrogens with one attached hydrogen (secondary N) is 1. The van der Waals surface area contributed by atoms with Crippen LogP contribution in [-0.2, 0) is 35.2 Å². The zero-order valence-electron chi connectivity index (χ0n) is 18.4. The van der Waals surface area contributed by atoms with E-state index in [-0.39, 0.29) is 34.0 Å². The molecule has 2 atom stereocenters. The van der Waals surface area contributed by atoms with Gasteiger partial charge >= 0.3 is 17.7 Å². The van der Waals surface area contributed by atoms with Crippen LogP contribution in [0.3, 0.4) is 0 Å². The number of ketones is 1. The Labute approximate surface area is 184 Å². The highest BCUT2D eigenvalue weighted by molar-refractivity contribution is 6.15. The molecule has 2 unspecified atom stereocenters. The van der Waals surface area contributed by atoms with Gasteiger partial charge in [0.15, 0.2) is 0 Å². The fourth-order valence-electron chi connectivity index (χ4n) is 4.47. The van der Waals surface area contributed by atoms with E-state index in [9.17, 15) is 19.2 Å². The average Bonchev–Trinajstić information content (AvgIpc) is 3.05. The van der Waals surface area contributed by atoms with Crippen LogP contribution in [0.4, 0.5) is 5.69 Å². The molecule has 0 bridgehead atoms. The molecule has 2 aromatic carbocycles. The molecule has 2 aromatic rings. The third-order valence-corrected chi connectivity index (χ3v) is 5.63. The number of hydrogen-bond acceptors (Lipinski definition) is 7. The molecule has 0 spiro atoms. The maximum Gasteiger partial charge on any atom is 0.334 e. The summed E-state index contributed by atoms with van der Waals surface area (Å²) in [6.45, 7) is 7.66. The van der Waals surface area contributed by atoms with Crippen LogP contribution >= 0.6 is 0 Å². The van der Waals surface area contributed by atoms with E-state index in [1.165, 1.54) is 20.8 Å². The number of hydrogen-bond donors (Lipinski definition) is 1. The molecule has 0 radical (unpaired) electrons. The topological polar surface area (TPSA) is 108 Å². The third kappa shape index (κ3) is 2.82. The number of ether oxygens (including phenoxy) is 3. The molecule has 1 aliphatic heterocycles. The van der Waals surface area contributed by atoms with Crippen LogP contribution in [0.2, 0.25) is 0 Å². The van der Waals surface area contributed by atoms with Gasteiger partial charge in [0.25, 0.3) is 5.60 Å². The minimum Gasteiger partial charge on any atom is -0.444 e. The molecule has 0 saturated heterocycles. The second-order valence-corrected chi connectivity index (χ2v) is 8.24. The number of fused-ring (bicyclic) bond motifs is 5. The molecule has 0 saturated carbocycles. The van der Waals surface area contributed by atoms with Crippen molar-refractivity contribution in [2.45, 2.75) is 51.9 Å². The Kier molecular flexibility index (Phi) is 4.84. The van der Waals surface area contributed by atoms with E-state index < -0.39 is 35.0 Å². The number of benzene rings is 2. The van der Waals surface area contributed by atoms with Crippen LogP contribution in [0.1, 0.15) is 67.6 Å². The van der Waals surface area contributed by atoms with Crippen molar-refractivity contribution < 1.29 is 33.4 Å². The first-order valence-electron chi connectivity index (χ1n) is 10.2. The number of amides is 1. The molecule has 166 valence electrons. The normalized spacial score (nSPS) is 22.5. The number of Topliss-reactive ketones (excluding diaryl/α,β-unsaturated/α-hetero) is 1. The summed E-state index contributed by atoms with van der Waals surface area (Å²) in [5, 5.41) is 2.62. The summed E-state index contributed by atoms with van der Waals surface area (Å²) in [6, 6.07) is 9.92. The van der Waals surface area contributed by atoms with Gasteiger partial charge in [-0.05, 0) is 23.6 Å². The maximum atomic E-state index is 14.0. The lowest BCUT2D eigenvalue weighted by Crippen LogP contribution is -2.53. The Bertz CT molecular complexity index is 1180. The smallest absolute Gasteiger partial charge is 0.334 e. The zero-order chi connectivity index (χ0) is 23.4. The Morgan fingerprint density at radius 3 is 2.25 bits per heavy atom. The molecule has 8 nitrogen and oxygen atoms in total. The summed E-state index contributed by atoms with van der Waals surface area (Å²) >= 11 is 0. The second-order valence-electron chi connectivity index (χ2n) is 8.24. The quantitative estimate of drug-likeness (QED) is 0.729. The highest BCUT2D eigenvalue weighted by Gasteiger charge is 2.77. The van der Waals surface area contributed by atoms with Crippen LogP contribution in [0.5, 0.6) is 5.75 Å². The molecule has 32 heavy (non-hydrogen) atoms. The standard InChI is InChI=1S/C24H23NO7/c1-12(2)16-9-10-17-20(11-16)32-24(31-15(5)28)18-7-6-8-19(25-13(3)26)21(18)22(29)23(17,24)30-14(4)27/h6-12H,1-5H3,(H,25,26). The zero-order valence-corrected chi connectivity index (χ0v) is 18.4. The summed E-state index contributed by atoms with van der Waals surface area (Å²) < 4.78 is 17.6. The van der Waals surface area contributed by atoms with Crippen molar-refractivity contribution in [1.82, 2.24) is 0 Å². The van der Waals surface area contributed by atoms with Gasteiger partial charge in [-0.3, -0.25) is 19.2 Å². The number of carbonyl (C=O) groups is 4. The van der Waals surface area contributed by atoms with Crippen molar-refractivity contribution >= 4 is 29.3 Å². The van der Waals surface area contributed by atoms with Crippen molar-refractivity contribution in [1.29, 1.82) is 0 Å². The van der Waals surface area contributed by atoms with Gasteiger partial charge in [-0.15, -0.1) is 0 Å². The molecule has 4 rings (SSSR count). The van der Waals surface area contributed by atoms with Crippen molar-refractivity contribution in [3.63, 3.8) is 0 Å². The Morgan fingerprint density at radius 2 is 1.66 bits per heavy atom. The van der Waals surface area contributed by atoms with E-state index in [4.69, 9.17) is 14.2 Å². The van der Waals surface area contributed by atoms with Crippen molar-refractivity contribution in [3.8, 4) is 5.75 Å². The van der Waals surface area contributed by atoms with E-state index >= 15 is 0 Å². The summed E-state index contributed by atoms with van der Waals surface area (Å²) in [5.74, 6) is -4.16. The second kappa shape index (κ2) is 7.19. The molecule has 1 heterocycles. The van der Waals surface area contributed by atoms with Gasteiger partial charge in [0, 0.05) is 20.8 Å². The van der Waals surface area contributed by atoms with E-state index in [0.29, 0.717) is 0 Å². The Morgan fingerprint density at radius 1 is 0.969 bits per heavy atom. The van der Waals surface area contributed by atoms with Crippen molar-refractivity contribution in [2.75, 3.05) is 5.32 Å². The molecule has 2 aliphatic rings. The number of esters is 2. The number of rotatable bonds is 4. The average molecular weight is 437 g/mol. The highest BCUT2D eigenvalue weighted by Crippen LogP contribution is 2.63. The fourth-order valence-corrected chi connectivity index (χ4v) is 4.47. The van der Waals surface area contributed by atoms with Crippen molar-refractivity contribution in [3.05, 3.63) is 58.7 Å². The lowest BCUT2D eigenvalue weighted by Gasteiger charge is -2.35. The SMILES string of the molecule is CC(=O)Nc1cccc2c1C(=O)C1(OC(C)=O)c3ccc(C(C)C)cc3OC21OC(C)=O. The highest BCUT2D eigenvalue weighted by atomic mass is 16.8. The van der Waals surface area contributed by atoms with Gasteiger partial charge < -0.3 is 19.5 Å². The van der Waals surface area contributed by atoms with Gasteiger partial charge in [-0.1, -0.05) is 38.1 Å². The van der Waals surface area contributed by atoms with Crippen LogP contribution in [0.15, 0.2) is 36.4 Å². The maximum absolute atomic E-state index is 14.0. The Hall–Kier alpha value is -3.68. The van der Waals surface area contributed by atoms with E-state index in [2.05, 4.69) is 5.32 Å². The van der Waals surface area contributed by atoms with Crippen molar-refractivity contribution in [2.24, 2.45) is 0 Å². The van der Waals surface area contributed by atoms with Crippen LogP contribution in [-0.4, -0.2) is 23.6 Å². The van der Waals surface area contributed by atoms with Crippen LogP contribution < -0.4 is 10.1 Å². The van der Waals surface area contributed by atoms with Gasteiger partial charge in [-0.25, -0.2) is 0 Å². The van der Waals surface area contributed by atoms with Crippen LogP contribution in [0.25, 0.3) is 0 Å². The molecule has 1 N–H and O–H groups in total. The van der Waals surface area contributed by atoms with Gasteiger partial charge in [-0.2, -0.15) is 0 Å². The molecule has 1 amide bonds. The first-order valence-corrected chi connectivity index (χ1v) is 10.2. The summed E-state index contributed by atoms with van der Waals surface area (Å²) in [4.78, 5) is 50.3. The molecular formula is C24H23NO7. The molecule has 1 aliphatic carbocycles. The minimum absolute atomic E-state index is 0.0591. The molecule has 0 fully saturated rings. The number of carbonyl (C=O) groups excluding carboxylic acids is 4. The lowest BCUT2D eigenvalue weighted by atomic mass is 9.85. The van der Waals surface area contributed by atoms with E-state index in [0.717, 1.165) is 5.56 Å². The van der Waals surface area contributed by atoms with Gasteiger partial charge in [0.2, 0.25) is 11.7 Å². The lowest BCUT2D eigenvalue weighted by molar-refractivity contribution is -0.254. The minimum atomic E-state index is -2.09. The van der Waals surface area contributed by atoms with E-state index in [1.54, 1.807) is 30.3 Å². The van der Waals surface area contributed by atoms with Gasteiger partial charge in [0.1, 0.15) is 5.75 Å². The summed E-state index contributed by atoms with van der Waals surface area (Å²) in [6.07, 6.45) is 0. The predicted molar refractivity (Wildman–Crippen MR) is 113 cm³/mol. The van der Waals surface area contributed by atoms with Gasteiger partial charge in [0.05, 0.1) is 22.4 Å². The number of anilines is 1. The first-order chi connectivity index (χ1) is 15.0.